The highest BCUT2D eigenvalue weighted by Gasteiger charge is 2.16. The Balaban J connectivity index is 0.000000433. The summed E-state index contributed by atoms with van der Waals surface area (Å²) in [6.45, 7) is 7.31. The summed E-state index contributed by atoms with van der Waals surface area (Å²) in [5, 5.41) is 8.23. The average molecular weight is 317 g/mol. The molecule has 4 N–H and O–H groups in total. The van der Waals surface area contributed by atoms with E-state index in [2.05, 4.69) is 0 Å². The fourth-order valence-corrected chi connectivity index (χ4v) is 2.33. The molecule has 0 unspecified atom stereocenters. The Morgan fingerprint density at radius 1 is 1.14 bits per heavy atom. The molecule has 0 amide bonds. The third kappa shape index (κ3) is 6.70. The summed E-state index contributed by atoms with van der Waals surface area (Å²) in [5.41, 5.74) is 5.80. The largest absolute Gasteiger partial charge is 0.480 e. The standard InChI is InChI=1S/C9H12O3S.C5H11NO2/c1-7(2)8-5-3-4-6-9(8)13(10,11)12;1-3(2)4(6)5(7)8/h3-7H,1-2H3,(H,10,11,12);3-4H,6H2,1-2H3,(H,7,8)/t;4-/m.0/s1. The Morgan fingerprint density at radius 2 is 1.62 bits per heavy atom. The van der Waals surface area contributed by atoms with Crippen molar-refractivity contribution in [1.29, 1.82) is 0 Å². The molecule has 0 spiro atoms. The van der Waals surface area contributed by atoms with Gasteiger partial charge in [-0.3, -0.25) is 9.35 Å². The van der Waals surface area contributed by atoms with Crippen LogP contribution in [0.4, 0.5) is 0 Å². The zero-order valence-electron chi connectivity index (χ0n) is 12.6. The maximum absolute atomic E-state index is 10.9. The monoisotopic (exact) mass is 317 g/mol. The lowest BCUT2D eigenvalue weighted by atomic mass is 10.0. The molecule has 0 fully saturated rings. The van der Waals surface area contributed by atoms with Crippen molar-refractivity contribution in [2.45, 2.75) is 44.6 Å². The predicted octanol–water partition coefficient (Wildman–Crippen LogP) is 2.11. The number of carboxylic acid groups (broad SMARTS) is 1. The lowest BCUT2D eigenvalue weighted by Gasteiger charge is -2.09. The van der Waals surface area contributed by atoms with Crippen molar-refractivity contribution in [2.24, 2.45) is 11.7 Å². The van der Waals surface area contributed by atoms with E-state index in [1.807, 2.05) is 13.8 Å². The highest BCUT2D eigenvalue weighted by Crippen LogP contribution is 2.22. The maximum Gasteiger partial charge on any atom is 0.320 e. The van der Waals surface area contributed by atoms with Crippen molar-refractivity contribution in [3.05, 3.63) is 29.8 Å². The van der Waals surface area contributed by atoms with E-state index in [4.69, 9.17) is 15.4 Å². The number of benzene rings is 1. The van der Waals surface area contributed by atoms with Crippen LogP contribution in [0.2, 0.25) is 0 Å². The number of carbonyl (C=O) groups is 1. The van der Waals surface area contributed by atoms with Gasteiger partial charge in [-0.25, -0.2) is 0 Å². The van der Waals surface area contributed by atoms with Gasteiger partial charge in [-0.15, -0.1) is 0 Å². The van der Waals surface area contributed by atoms with Crippen molar-refractivity contribution >= 4 is 16.1 Å². The molecule has 120 valence electrons. The Bertz CT molecular complexity index is 566. The molecular formula is C14H23NO5S. The lowest BCUT2D eigenvalue weighted by Crippen LogP contribution is -2.34. The smallest absolute Gasteiger partial charge is 0.320 e. The van der Waals surface area contributed by atoms with E-state index in [1.54, 1.807) is 32.0 Å². The van der Waals surface area contributed by atoms with Gasteiger partial charge in [-0.2, -0.15) is 8.42 Å². The number of nitrogens with two attached hydrogens (primary N) is 1. The van der Waals surface area contributed by atoms with Gasteiger partial charge in [0.25, 0.3) is 10.1 Å². The van der Waals surface area contributed by atoms with Crippen LogP contribution in [0.15, 0.2) is 29.2 Å². The molecule has 6 nitrogen and oxygen atoms in total. The Hall–Kier alpha value is -1.44. The van der Waals surface area contributed by atoms with Crippen molar-refractivity contribution in [1.82, 2.24) is 0 Å². The molecule has 0 radical (unpaired) electrons. The van der Waals surface area contributed by atoms with Gasteiger partial charge in [0.1, 0.15) is 6.04 Å². The van der Waals surface area contributed by atoms with E-state index < -0.39 is 22.1 Å². The third-order valence-corrected chi connectivity index (χ3v) is 3.75. The molecule has 7 heteroatoms. The fourth-order valence-electron chi connectivity index (χ4n) is 1.48. The van der Waals surface area contributed by atoms with Gasteiger partial charge >= 0.3 is 5.97 Å². The van der Waals surface area contributed by atoms with Crippen LogP contribution in [-0.2, 0) is 14.9 Å². The zero-order chi connectivity index (χ0) is 16.8. The summed E-state index contributed by atoms with van der Waals surface area (Å²) in [7, 11) is -4.08. The second kappa shape index (κ2) is 8.11. The molecule has 0 bridgehead atoms. The number of carboxylic acids is 1. The van der Waals surface area contributed by atoms with E-state index in [1.165, 1.54) is 6.07 Å². The lowest BCUT2D eigenvalue weighted by molar-refractivity contribution is -0.139. The van der Waals surface area contributed by atoms with Gasteiger partial charge in [0.2, 0.25) is 0 Å². The van der Waals surface area contributed by atoms with E-state index in [9.17, 15) is 13.2 Å². The molecule has 21 heavy (non-hydrogen) atoms. The average Bonchev–Trinajstić information content (AvgIpc) is 2.37. The van der Waals surface area contributed by atoms with Crippen LogP contribution in [0, 0.1) is 5.92 Å². The molecule has 1 rings (SSSR count). The van der Waals surface area contributed by atoms with Gasteiger partial charge in [0, 0.05) is 0 Å². The first-order chi connectivity index (χ1) is 9.48. The molecule has 0 saturated heterocycles. The van der Waals surface area contributed by atoms with Crippen LogP contribution in [0.1, 0.15) is 39.2 Å². The molecule has 1 aromatic carbocycles. The second-order valence-corrected chi connectivity index (χ2v) is 6.67. The number of rotatable bonds is 4. The van der Waals surface area contributed by atoms with Crippen LogP contribution >= 0.6 is 0 Å². The summed E-state index contributed by atoms with van der Waals surface area (Å²) in [5.74, 6) is -0.828. The minimum absolute atomic E-state index is 0.00463. The first kappa shape index (κ1) is 19.6. The summed E-state index contributed by atoms with van der Waals surface area (Å²) >= 11 is 0. The van der Waals surface area contributed by atoms with Crippen molar-refractivity contribution < 1.29 is 22.9 Å². The normalized spacial score (nSPS) is 12.8. The number of hydrogen-bond acceptors (Lipinski definition) is 4. The Labute approximate surface area is 125 Å². The van der Waals surface area contributed by atoms with E-state index in [-0.39, 0.29) is 16.7 Å². The molecule has 0 heterocycles. The zero-order valence-corrected chi connectivity index (χ0v) is 13.5. The SMILES string of the molecule is CC(C)[C@H](N)C(=O)O.CC(C)c1ccccc1S(=O)(=O)O. The number of hydrogen-bond donors (Lipinski definition) is 3. The van der Waals surface area contributed by atoms with Crippen LogP contribution in [0.5, 0.6) is 0 Å². The maximum atomic E-state index is 10.9. The molecule has 0 aliphatic heterocycles. The van der Waals surface area contributed by atoms with Gasteiger partial charge in [-0.1, -0.05) is 45.9 Å². The van der Waals surface area contributed by atoms with Gasteiger partial charge in [0.05, 0.1) is 4.90 Å². The Kier molecular flexibility index (Phi) is 7.56. The molecule has 0 aromatic heterocycles. The summed E-state index contributed by atoms with van der Waals surface area (Å²) in [6.07, 6.45) is 0. The van der Waals surface area contributed by atoms with Crippen molar-refractivity contribution in [3.63, 3.8) is 0 Å². The van der Waals surface area contributed by atoms with Crippen LogP contribution in [0.25, 0.3) is 0 Å². The summed E-state index contributed by atoms with van der Waals surface area (Å²) < 4.78 is 30.7. The molecule has 0 aliphatic carbocycles. The molecule has 0 saturated carbocycles. The Morgan fingerprint density at radius 3 is 1.86 bits per heavy atom. The van der Waals surface area contributed by atoms with Gasteiger partial charge in [-0.05, 0) is 23.5 Å². The fraction of sp³-hybridized carbons (Fsp3) is 0.500. The van der Waals surface area contributed by atoms with Crippen molar-refractivity contribution in [2.75, 3.05) is 0 Å². The van der Waals surface area contributed by atoms with Crippen LogP contribution < -0.4 is 5.73 Å². The first-order valence-corrected chi connectivity index (χ1v) is 7.97. The third-order valence-electron chi connectivity index (χ3n) is 2.82. The second-order valence-electron chi connectivity index (χ2n) is 5.28. The molecule has 0 aliphatic rings. The van der Waals surface area contributed by atoms with E-state index >= 15 is 0 Å². The summed E-state index contributed by atoms with van der Waals surface area (Å²) in [6, 6.07) is 5.74. The number of aliphatic carboxylic acids is 1. The van der Waals surface area contributed by atoms with Gasteiger partial charge < -0.3 is 10.8 Å². The highest BCUT2D eigenvalue weighted by atomic mass is 32.2. The van der Waals surface area contributed by atoms with Crippen molar-refractivity contribution in [3.8, 4) is 0 Å². The topological polar surface area (TPSA) is 118 Å². The summed E-state index contributed by atoms with van der Waals surface area (Å²) in [4.78, 5) is 10.0. The quantitative estimate of drug-likeness (QED) is 0.732. The van der Waals surface area contributed by atoms with E-state index in [0.29, 0.717) is 5.56 Å². The van der Waals surface area contributed by atoms with Crippen LogP contribution in [-0.4, -0.2) is 30.1 Å². The first-order valence-electron chi connectivity index (χ1n) is 6.53. The molecule has 1 aromatic rings. The van der Waals surface area contributed by atoms with Gasteiger partial charge in [0.15, 0.2) is 0 Å². The highest BCUT2D eigenvalue weighted by molar-refractivity contribution is 7.85. The predicted molar refractivity (Wildman–Crippen MR) is 80.8 cm³/mol. The van der Waals surface area contributed by atoms with Crippen LogP contribution in [0.3, 0.4) is 0 Å². The van der Waals surface area contributed by atoms with E-state index in [0.717, 1.165) is 0 Å². The minimum atomic E-state index is -4.08. The molecular weight excluding hydrogens is 294 g/mol. The minimum Gasteiger partial charge on any atom is -0.480 e. The molecule has 1 atom stereocenters.